The Morgan fingerprint density at radius 2 is 1.89 bits per heavy atom. The van der Waals surface area contributed by atoms with Crippen molar-refractivity contribution in [1.82, 2.24) is 15.0 Å². The number of benzene rings is 1. The molecule has 0 saturated carbocycles. The summed E-state index contributed by atoms with van der Waals surface area (Å²) in [6.07, 6.45) is 1.88. The van der Waals surface area contributed by atoms with Gasteiger partial charge in [0.1, 0.15) is 0 Å². The molecule has 0 aliphatic rings. The minimum Gasteiger partial charge on any atom is -0.431 e. The van der Waals surface area contributed by atoms with Gasteiger partial charge in [0.15, 0.2) is 10.3 Å². The van der Waals surface area contributed by atoms with Crippen molar-refractivity contribution in [2.75, 3.05) is 6.26 Å². The van der Waals surface area contributed by atoms with Gasteiger partial charge in [0.05, 0.1) is 0 Å². The van der Waals surface area contributed by atoms with E-state index in [0.717, 1.165) is 5.56 Å². The van der Waals surface area contributed by atoms with E-state index in [-0.39, 0.29) is 0 Å². The number of oxazole rings is 1. The predicted molar refractivity (Wildman–Crippen MR) is 71.8 cm³/mol. The summed E-state index contributed by atoms with van der Waals surface area (Å²) < 4.78 is 5.61. The van der Waals surface area contributed by atoms with Gasteiger partial charge in [-0.15, -0.1) is 0 Å². The molecule has 1 aromatic carbocycles. The standard InChI is InChI=1S/C12H8ClN3OS/c1-18-12-14-9(13)8-10(16-12)15-11(17-8)7-5-3-2-4-6-7/h2-6H,1H3. The Labute approximate surface area is 112 Å². The number of fused-ring (bicyclic) bond motifs is 1. The molecule has 2 heterocycles. The van der Waals surface area contributed by atoms with Crippen LogP contribution in [0.5, 0.6) is 0 Å². The molecule has 0 radical (unpaired) electrons. The van der Waals surface area contributed by atoms with E-state index in [0.29, 0.717) is 27.4 Å². The second-order valence-corrected chi connectivity index (χ2v) is 4.67. The van der Waals surface area contributed by atoms with Crippen LogP contribution in [0.3, 0.4) is 0 Å². The molecule has 0 unspecified atom stereocenters. The smallest absolute Gasteiger partial charge is 0.229 e. The lowest BCUT2D eigenvalue weighted by atomic mass is 10.2. The molecule has 3 rings (SSSR count). The Bertz CT molecular complexity index is 699. The van der Waals surface area contributed by atoms with Gasteiger partial charge >= 0.3 is 0 Å². The molecule has 2 aromatic heterocycles. The summed E-state index contributed by atoms with van der Waals surface area (Å²) in [5.74, 6) is 0.500. The van der Waals surface area contributed by atoms with Crippen LogP contribution in [0.15, 0.2) is 39.9 Å². The third kappa shape index (κ3) is 1.95. The molecule has 0 bridgehead atoms. The molecule has 0 fully saturated rings. The first-order chi connectivity index (χ1) is 8.78. The van der Waals surface area contributed by atoms with Crippen LogP contribution in [-0.2, 0) is 0 Å². The highest BCUT2D eigenvalue weighted by Crippen LogP contribution is 2.28. The van der Waals surface area contributed by atoms with Crippen molar-refractivity contribution in [3.8, 4) is 11.5 Å². The van der Waals surface area contributed by atoms with Crippen molar-refractivity contribution >= 4 is 34.6 Å². The summed E-state index contributed by atoms with van der Waals surface area (Å²) in [6, 6.07) is 9.61. The van der Waals surface area contributed by atoms with Crippen LogP contribution in [0.2, 0.25) is 5.15 Å². The molecule has 6 heteroatoms. The molecule has 0 spiro atoms. The zero-order valence-electron chi connectivity index (χ0n) is 9.42. The fraction of sp³-hybridized carbons (Fsp3) is 0.0833. The van der Waals surface area contributed by atoms with Crippen LogP contribution in [-0.4, -0.2) is 21.2 Å². The maximum Gasteiger partial charge on any atom is 0.229 e. The van der Waals surface area contributed by atoms with E-state index in [1.807, 2.05) is 36.6 Å². The first-order valence-electron chi connectivity index (χ1n) is 5.21. The fourth-order valence-electron chi connectivity index (χ4n) is 1.57. The zero-order chi connectivity index (χ0) is 12.5. The normalized spacial score (nSPS) is 11.0. The van der Waals surface area contributed by atoms with E-state index in [1.165, 1.54) is 11.8 Å². The van der Waals surface area contributed by atoms with E-state index in [1.54, 1.807) is 0 Å². The number of rotatable bonds is 2. The third-order valence-electron chi connectivity index (χ3n) is 2.40. The van der Waals surface area contributed by atoms with Gasteiger partial charge in [0.2, 0.25) is 17.1 Å². The van der Waals surface area contributed by atoms with Gasteiger partial charge in [-0.05, 0) is 18.4 Å². The Morgan fingerprint density at radius 1 is 1.11 bits per heavy atom. The van der Waals surface area contributed by atoms with Gasteiger partial charge in [-0.3, -0.25) is 0 Å². The van der Waals surface area contributed by atoms with Crippen molar-refractivity contribution < 1.29 is 4.42 Å². The molecule has 0 aliphatic carbocycles. The Balaban J connectivity index is 2.20. The van der Waals surface area contributed by atoms with Crippen molar-refractivity contribution in [2.24, 2.45) is 0 Å². The summed E-state index contributed by atoms with van der Waals surface area (Å²) in [5, 5.41) is 0.874. The Hall–Kier alpha value is -1.59. The summed E-state index contributed by atoms with van der Waals surface area (Å²) in [4.78, 5) is 12.7. The first-order valence-corrected chi connectivity index (χ1v) is 6.81. The summed E-state index contributed by atoms with van der Waals surface area (Å²) in [7, 11) is 0. The van der Waals surface area contributed by atoms with Crippen molar-refractivity contribution in [2.45, 2.75) is 5.16 Å². The number of hydrogen-bond donors (Lipinski definition) is 0. The minimum absolute atomic E-state index is 0.291. The van der Waals surface area contributed by atoms with E-state index in [9.17, 15) is 0 Å². The summed E-state index contributed by atoms with van der Waals surface area (Å²) in [5.41, 5.74) is 1.80. The van der Waals surface area contributed by atoms with Crippen LogP contribution in [0.25, 0.3) is 22.7 Å². The number of halogens is 1. The highest BCUT2D eigenvalue weighted by molar-refractivity contribution is 7.98. The van der Waals surface area contributed by atoms with E-state index < -0.39 is 0 Å². The molecule has 3 aromatic rings. The van der Waals surface area contributed by atoms with Gasteiger partial charge in [-0.1, -0.05) is 41.6 Å². The molecule has 4 nitrogen and oxygen atoms in total. The molecule has 0 N–H and O–H groups in total. The average Bonchev–Trinajstić information content (AvgIpc) is 2.84. The van der Waals surface area contributed by atoms with Crippen molar-refractivity contribution in [1.29, 1.82) is 0 Å². The fourth-order valence-corrected chi connectivity index (χ4v) is 2.18. The van der Waals surface area contributed by atoms with Crippen LogP contribution in [0.4, 0.5) is 0 Å². The minimum atomic E-state index is 0.291. The lowest BCUT2D eigenvalue weighted by Gasteiger charge is -1.94. The highest BCUT2D eigenvalue weighted by Gasteiger charge is 2.14. The second-order valence-electron chi connectivity index (χ2n) is 3.54. The van der Waals surface area contributed by atoms with Gasteiger partial charge < -0.3 is 4.42 Å². The number of aromatic nitrogens is 3. The maximum absolute atomic E-state index is 6.04. The van der Waals surface area contributed by atoms with Gasteiger partial charge in [0, 0.05) is 5.56 Å². The largest absolute Gasteiger partial charge is 0.431 e. The molecular formula is C12H8ClN3OS. The van der Waals surface area contributed by atoms with Gasteiger partial charge in [0.25, 0.3) is 0 Å². The van der Waals surface area contributed by atoms with Crippen LogP contribution < -0.4 is 0 Å². The number of hydrogen-bond acceptors (Lipinski definition) is 5. The number of nitrogens with zero attached hydrogens (tertiary/aromatic N) is 3. The second kappa shape index (κ2) is 4.59. The summed E-state index contributed by atoms with van der Waals surface area (Å²) in [6.45, 7) is 0. The lowest BCUT2D eigenvalue weighted by Crippen LogP contribution is -1.87. The molecule has 18 heavy (non-hydrogen) atoms. The van der Waals surface area contributed by atoms with Crippen LogP contribution in [0, 0.1) is 0 Å². The first kappa shape index (κ1) is 11.5. The molecular weight excluding hydrogens is 270 g/mol. The molecule has 90 valence electrons. The Morgan fingerprint density at radius 3 is 2.61 bits per heavy atom. The molecule has 0 saturated heterocycles. The lowest BCUT2D eigenvalue weighted by molar-refractivity contribution is 0.617. The van der Waals surface area contributed by atoms with Crippen molar-refractivity contribution in [3.05, 3.63) is 35.5 Å². The maximum atomic E-state index is 6.04. The quantitative estimate of drug-likeness (QED) is 0.406. The molecule has 0 aliphatic heterocycles. The average molecular weight is 278 g/mol. The van der Waals surface area contributed by atoms with Crippen LogP contribution in [0.1, 0.15) is 0 Å². The molecule has 0 amide bonds. The summed E-state index contributed by atoms with van der Waals surface area (Å²) >= 11 is 7.46. The van der Waals surface area contributed by atoms with E-state index in [2.05, 4.69) is 15.0 Å². The Kier molecular flexibility index (Phi) is 2.93. The SMILES string of the molecule is CSc1nc(Cl)c2oc(-c3ccccc3)nc2n1. The molecule has 0 atom stereocenters. The zero-order valence-corrected chi connectivity index (χ0v) is 11.0. The monoisotopic (exact) mass is 277 g/mol. The third-order valence-corrected chi connectivity index (χ3v) is 3.20. The van der Waals surface area contributed by atoms with Crippen molar-refractivity contribution in [3.63, 3.8) is 0 Å². The number of thioether (sulfide) groups is 1. The highest BCUT2D eigenvalue weighted by atomic mass is 35.5. The van der Waals surface area contributed by atoms with Crippen LogP contribution >= 0.6 is 23.4 Å². The van der Waals surface area contributed by atoms with E-state index >= 15 is 0 Å². The van der Waals surface area contributed by atoms with Gasteiger partial charge in [-0.2, -0.15) is 9.97 Å². The topological polar surface area (TPSA) is 51.8 Å². The van der Waals surface area contributed by atoms with E-state index in [4.69, 9.17) is 16.0 Å². The predicted octanol–water partition coefficient (Wildman–Crippen LogP) is 3.66. The van der Waals surface area contributed by atoms with Gasteiger partial charge in [-0.25, -0.2) is 4.98 Å².